The van der Waals surface area contributed by atoms with Gasteiger partial charge in [0.15, 0.2) is 0 Å². The first-order valence-corrected chi connectivity index (χ1v) is 6.89. The predicted molar refractivity (Wildman–Crippen MR) is 71.5 cm³/mol. The quantitative estimate of drug-likeness (QED) is 0.584. The second-order valence-electron chi connectivity index (χ2n) is 3.94. The molecule has 7 nitrogen and oxygen atoms in total. The lowest BCUT2D eigenvalue weighted by Gasteiger charge is -1.97. The minimum atomic E-state index is 0.270. The molecule has 0 spiro atoms. The molecule has 98 valence electrons. The number of rotatable bonds is 3. The van der Waals surface area contributed by atoms with Crippen LogP contribution >= 0.6 is 24.0 Å². The molecule has 0 fully saturated rings. The average molecular weight is 294 g/mol. The van der Waals surface area contributed by atoms with Crippen molar-refractivity contribution in [1.82, 2.24) is 29.8 Å². The fraction of sp³-hybridized carbons (Fsp3) is 0.300. The molecule has 0 aromatic carbocycles. The number of hydrogen-bond acceptors (Lipinski definition) is 7. The standard InChI is InChI=1S/C10H10N6OS2/c1-5-3-6(2)16-8(11-5)12-9(15-16)19-4-7-13-14-10(18)17-7/h3H,4H2,1-2H3,(H,14,18). The van der Waals surface area contributed by atoms with Gasteiger partial charge in [-0.3, -0.25) is 0 Å². The molecule has 0 amide bonds. The summed E-state index contributed by atoms with van der Waals surface area (Å²) in [4.78, 5) is 8.95. The van der Waals surface area contributed by atoms with Crippen LogP contribution in [0.3, 0.4) is 0 Å². The summed E-state index contributed by atoms with van der Waals surface area (Å²) in [7, 11) is 0. The van der Waals surface area contributed by atoms with Crippen molar-refractivity contribution in [3.8, 4) is 0 Å². The highest BCUT2D eigenvalue weighted by molar-refractivity contribution is 7.98. The van der Waals surface area contributed by atoms with Crippen LogP contribution in [0.4, 0.5) is 0 Å². The van der Waals surface area contributed by atoms with Gasteiger partial charge in [-0.2, -0.15) is 4.98 Å². The maximum Gasteiger partial charge on any atom is 0.284 e. The maximum absolute atomic E-state index is 5.17. The Bertz CT molecular complexity index is 789. The first-order chi connectivity index (χ1) is 9.11. The Balaban J connectivity index is 1.85. The summed E-state index contributed by atoms with van der Waals surface area (Å²) in [5.74, 6) is 1.64. The Hall–Kier alpha value is -1.74. The zero-order chi connectivity index (χ0) is 13.4. The minimum Gasteiger partial charge on any atom is -0.413 e. The van der Waals surface area contributed by atoms with E-state index in [-0.39, 0.29) is 4.84 Å². The second kappa shape index (κ2) is 4.74. The predicted octanol–water partition coefficient (Wildman–Crippen LogP) is 2.08. The van der Waals surface area contributed by atoms with Crippen molar-refractivity contribution in [2.45, 2.75) is 24.8 Å². The Labute approximate surface area is 117 Å². The highest BCUT2D eigenvalue weighted by atomic mass is 32.2. The molecule has 0 radical (unpaired) electrons. The molecule has 3 rings (SSSR count). The highest BCUT2D eigenvalue weighted by Crippen LogP contribution is 2.19. The van der Waals surface area contributed by atoms with Gasteiger partial charge in [0, 0.05) is 11.4 Å². The summed E-state index contributed by atoms with van der Waals surface area (Å²) < 4.78 is 6.89. The molecule has 19 heavy (non-hydrogen) atoms. The monoisotopic (exact) mass is 294 g/mol. The first-order valence-electron chi connectivity index (χ1n) is 5.50. The lowest BCUT2D eigenvalue weighted by atomic mass is 10.4. The molecule has 3 aromatic heterocycles. The number of thioether (sulfide) groups is 1. The molecule has 1 N–H and O–H groups in total. The van der Waals surface area contributed by atoms with E-state index in [2.05, 4.69) is 25.3 Å². The van der Waals surface area contributed by atoms with Crippen molar-refractivity contribution in [3.63, 3.8) is 0 Å². The minimum absolute atomic E-state index is 0.270. The van der Waals surface area contributed by atoms with Crippen LogP contribution < -0.4 is 0 Å². The molecular weight excluding hydrogens is 284 g/mol. The third-order valence-corrected chi connectivity index (χ3v) is 3.40. The van der Waals surface area contributed by atoms with Crippen LogP contribution in [-0.4, -0.2) is 29.8 Å². The van der Waals surface area contributed by atoms with E-state index in [0.29, 0.717) is 22.6 Å². The Morgan fingerprint density at radius 2 is 2.26 bits per heavy atom. The molecule has 0 unspecified atom stereocenters. The largest absolute Gasteiger partial charge is 0.413 e. The molecule has 0 bridgehead atoms. The van der Waals surface area contributed by atoms with E-state index in [4.69, 9.17) is 16.6 Å². The number of nitrogens with zero attached hydrogens (tertiary/aromatic N) is 5. The number of aromatic nitrogens is 6. The van der Waals surface area contributed by atoms with Crippen LogP contribution in [0, 0.1) is 18.7 Å². The van der Waals surface area contributed by atoms with Gasteiger partial charge in [-0.05, 0) is 32.1 Å². The van der Waals surface area contributed by atoms with Crippen LogP contribution in [0.5, 0.6) is 0 Å². The SMILES string of the molecule is Cc1cc(C)n2nc(SCc3n[nH]c(=S)o3)nc2n1. The number of aromatic amines is 1. The molecule has 0 saturated heterocycles. The highest BCUT2D eigenvalue weighted by Gasteiger charge is 2.09. The van der Waals surface area contributed by atoms with Gasteiger partial charge >= 0.3 is 0 Å². The van der Waals surface area contributed by atoms with Crippen molar-refractivity contribution >= 4 is 29.8 Å². The van der Waals surface area contributed by atoms with Gasteiger partial charge in [0.25, 0.3) is 10.6 Å². The van der Waals surface area contributed by atoms with Crippen LogP contribution in [0.2, 0.25) is 0 Å². The number of hydrogen-bond donors (Lipinski definition) is 1. The Morgan fingerprint density at radius 3 is 3.00 bits per heavy atom. The van der Waals surface area contributed by atoms with E-state index in [9.17, 15) is 0 Å². The topological polar surface area (TPSA) is 84.9 Å². The van der Waals surface area contributed by atoms with Gasteiger partial charge in [-0.1, -0.05) is 11.8 Å². The van der Waals surface area contributed by atoms with Gasteiger partial charge < -0.3 is 4.42 Å². The van der Waals surface area contributed by atoms with Crippen LogP contribution in [0.15, 0.2) is 15.6 Å². The lowest BCUT2D eigenvalue weighted by molar-refractivity contribution is 0.500. The van der Waals surface area contributed by atoms with Gasteiger partial charge in [0.05, 0.1) is 5.75 Å². The average Bonchev–Trinajstić information content (AvgIpc) is 2.92. The van der Waals surface area contributed by atoms with Gasteiger partial charge in [0.1, 0.15) is 0 Å². The molecule has 0 aliphatic carbocycles. The summed E-state index contributed by atoms with van der Waals surface area (Å²) in [5.41, 5.74) is 1.92. The number of aryl methyl sites for hydroxylation is 2. The van der Waals surface area contributed by atoms with Gasteiger partial charge in [-0.15, -0.1) is 10.2 Å². The molecule has 9 heteroatoms. The summed E-state index contributed by atoms with van der Waals surface area (Å²) in [6.45, 7) is 3.90. The summed E-state index contributed by atoms with van der Waals surface area (Å²) in [6, 6.07) is 1.96. The Morgan fingerprint density at radius 1 is 1.42 bits per heavy atom. The van der Waals surface area contributed by atoms with Crippen molar-refractivity contribution in [3.05, 3.63) is 28.2 Å². The normalized spacial score (nSPS) is 11.3. The van der Waals surface area contributed by atoms with Crippen molar-refractivity contribution in [1.29, 1.82) is 0 Å². The molecular formula is C10H10N6OS2. The second-order valence-corrected chi connectivity index (χ2v) is 5.25. The van der Waals surface area contributed by atoms with E-state index < -0.39 is 0 Å². The van der Waals surface area contributed by atoms with Crippen molar-refractivity contribution in [2.24, 2.45) is 0 Å². The first kappa shape index (κ1) is 12.3. The lowest BCUT2D eigenvalue weighted by Crippen LogP contribution is -1.97. The van der Waals surface area contributed by atoms with E-state index >= 15 is 0 Å². The van der Waals surface area contributed by atoms with E-state index in [1.165, 1.54) is 11.8 Å². The molecule has 0 atom stereocenters. The Kier molecular flexibility index (Phi) is 3.07. The fourth-order valence-corrected chi connectivity index (χ4v) is 2.46. The van der Waals surface area contributed by atoms with Gasteiger partial charge in [0.2, 0.25) is 11.0 Å². The number of fused-ring (bicyclic) bond motifs is 1. The molecule has 3 heterocycles. The zero-order valence-electron chi connectivity index (χ0n) is 10.2. The number of H-pyrrole nitrogens is 1. The summed E-state index contributed by atoms with van der Waals surface area (Å²) in [6.07, 6.45) is 0. The maximum atomic E-state index is 5.17. The van der Waals surface area contributed by atoms with Crippen LogP contribution in [0.1, 0.15) is 17.3 Å². The van der Waals surface area contributed by atoms with Crippen molar-refractivity contribution in [2.75, 3.05) is 0 Å². The van der Waals surface area contributed by atoms with Crippen LogP contribution in [0.25, 0.3) is 5.78 Å². The molecule has 0 aliphatic rings. The summed E-state index contributed by atoms with van der Waals surface area (Å²) >= 11 is 6.23. The third kappa shape index (κ3) is 2.51. The van der Waals surface area contributed by atoms with E-state index in [1.807, 2.05) is 19.9 Å². The smallest absolute Gasteiger partial charge is 0.284 e. The van der Waals surface area contributed by atoms with Crippen LogP contribution in [-0.2, 0) is 5.75 Å². The van der Waals surface area contributed by atoms with Gasteiger partial charge in [-0.25, -0.2) is 14.6 Å². The van der Waals surface area contributed by atoms with E-state index in [1.54, 1.807) is 4.52 Å². The number of nitrogens with one attached hydrogen (secondary N) is 1. The van der Waals surface area contributed by atoms with Crippen molar-refractivity contribution < 1.29 is 4.42 Å². The summed E-state index contributed by atoms with van der Waals surface area (Å²) in [5, 5.41) is 11.5. The fourth-order valence-electron chi connectivity index (χ4n) is 1.66. The molecule has 0 aliphatic heterocycles. The van der Waals surface area contributed by atoms with E-state index in [0.717, 1.165) is 11.4 Å². The molecule has 3 aromatic rings. The zero-order valence-corrected chi connectivity index (χ0v) is 11.9. The third-order valence-electron chi connectivity index (χ3n) is 2.41. The molecule has 0 saturated carbocycles.